The summed E-state index contributed by atoms with van der Waals surface area (Å²) < 4.78 is 0. The number of carboxylic acids is 2. The number of hydrogen-bond acceptors (Lipinski definition) is 4. The first-order valence-corrected chi connectivity index (χ1v) is 4.38. The van der Waals surface area contributed by atoms with Crippen LogP contribution in [0.25, 0.3) is 0 Å². The minimum Gasteiger partial charge on any atom is -0.508 e. The van der Waals surface area contributed by atoms with Gasteiger partial charge in [0, 0.05) is 11.1 Å². The monoisotopic (exact) mass is 226 g/mol. The number of carbonyl (C=O) groups is 2. The fourth-order valence-electron chi connectivity index (χ4n) is 1.31. The summed E-state index contributed by atoms with van der Waals surface area (Å²) in [6, 6.07) is 2.40. The molecule has 0 spiro atoms. The van der Waals surface area contributed by atoms with Gasteiger partial charge in [0.2, 0.25) is 0 Å². The van der Waals surface area contributed by atoms with E-state index >= 15 is 0 Å². The third-order valence-corrected chi connectivity index (χ3v) is 2.01. The molecule has 0 heterocycles. The number of hydrogen-bond donors (Lipinski definition) is 4. The molecule has 0 radical (unpaired) electrons. The second-order valence-corrected chi connectivity index (χ2v) is 3.21. The molecule has 16 heavy (non-hydrogen) atoms. The van der Waals surface area contributed by atoms with Crippen molar-refractivity contribution in [3.05, 3.63) is 23.3 Å². The molecule has 0 aliphatic heterocycles. The molecule has 1 aromatic carbocycles. The molecule has 6 heteroatoms. The summed E-state index contributed by atoms with van der Waals surface area (Å²) in [6.07, 6.45) is -0.996. The van der Waals surface area contributed by atoms with Crippen molar-refractivity contribution >= 4 is 11.9 Å². The second-order valence-electron chi connectivity index (χ2n) is 3.21. The van der Waals surface area contributed by atoms with Crippen LogP contribution in [0.4, 0.5) is 0 Å². The number of benzene rings is 1. The van der Waals surface area contributed by atoms with E-state index in [1.54, 1.807) is 0 Å². The molecule has 4 N–H and O–H groups in total. The quantitative estimate of drug-likeness (QED) is 0.589. The van der Waals surface area contributed by atoms with E-state index in [0.29, 0.717) is 0 Å². The first kappa shape index (κ1) is 11.8. The third kappa shape index (κ3) is 2.63. The smallest absolute Gasteiger partial charge is 0.308 e. The van der Waals surface area contributed by atoms with Gasteiger partial charge in [-0.25, -0.2) is 0 Å². The maximum absolute atomic E-state index is 10.5. The minimum absolute atomic E-state index is 0.0709. The van der Waals surface area contributed by atoms with Crippen LogP contribution in [0.1, 0.15) is 11.1 Å². The summed E-state index contributed by atoms with van der Waals surface area (Å²) in [6.45, 7) is 0. The van der Waals surface area contributed by atoms with Gasteiger partial charge in [0.05, 0.1) is 12.8 Å². The van der Waals surface area contributed by atoms with Crippen molar-refractivity contribution in [1.82, 2.24) is 0 Å². The molecule has 0 fully saturated rings. The van der Waals surface area contributed by atoms with E-state index in [9.17, 15) is 19.8 Å². The minimum atomic E-state index is -1.22. The highest BCUT2D eigenvalue weighted by atomic mass is 16.4. The van der Waals surface area contributed by atoms with Crippen molar-refractivity contribution in [3.63, 3.8) is 0 Å². The van der Waals surface area contributed by atoms with Gasteiger partial charge >= 0.3 is 11.9 Å². The predicted octanol–water partition coefficient (Wildman–Crippen LogP) is 0.352. The lowest BCUT2D eigenvalue weighted by atomic mass is 10.0. The van der Waals surface area contributed by atoms with E-state index in [0.717, 1.165) is 6.07 Å². The Bertz CT molecular complexity index is 437. The molecule has 0 atom stereocenters. The van der Waals surface area contributed by atoms with Gasteiger partial charge < -0.3 is 20.4 Å². The summed E-state index contributed by atoms with van der Waals surface area (Å²) in [5.41, 5.74) is -0.104. The summed E-state index contributed by atoms with van der Waals surface area (Å²) in [7, 11) is 0. The van der Waals surface area contributed by atoms with Gasteiger partial charge in [0.25, 0.3) is 0 Å². The van der Waals surface area contributed by atoms with Crippen molar-refractivity contribution in [2.24, 2.45) is 0 Å². The zero-order chi connectivity index (χ0) is 12.3. The first-order valence-electron chi connectivity index (χ1n) is 4.38. The Morgan fingerprint density at radius 2 is 1.56 bits per heavy atom. The molecule has 0 saturated carbocycles. The average Bonchev–Trinajstić information content (AvgIpc) is 2.16. The topological polar surface area (TPSA) is 115 Å². The van der Waals surface area contributed by atoms with Crippen molar-refractivity contribution in [2.45, 2.75) is 12.8 Å². The standard InChI is InChI=1S/C10H10O6/c11-7-2-1-5(3-8(12)13)10(16)6(7)4-9(14)15/h1-2,11,16H,3-4H2,(H,12,13)(H,14,15). The number of phenols is 2. The molecule has 0 amide bonds. The van der Waals surface area contributed by atoms with Crippen LogP contribution in [0.2, 0.25) is 0 Å². The molecule has 0 aliphatic rings. The van der Waals surface area contributed by atoms with Gasteiger partial charge in [-0.3, -0.25) is 9.59 Å². The second kappa shape index (κ2) is 4.52. The Balaban J connectivity index is 3.15. The predicted molar refractivity (Wildman–Crippen MR) is 52.5 cm³/mol. The maximum atomic E-state index is 10.5. The van der Waals surface area contributed by atoms with Crippen LogP contribution >= 0.6 is 0 Å². The third-order valence-electron chi connectivity index (χ3n) is 2.01. The molecular weight excluding hydrogens is 216 g/mol. The van der Waals surface area contributed by atoms with Crippen LogP contribution in [0.3, 0.4) is 0 Å². The summed E-state index contributed by atoms with van der Waals surface area (Å²) in [5, 5.41) is 36.0. The molecule has 0 aromatic heterocycles. The van der Waals surface area contributed by atoms with Crippen molar-refractivity contribution in [2.75, 3.05) is 0 Å². The van der Waals surface area contributed by atoms with Crippen LogP contribution in [0.15, 0.2) is 12.1 Å². The van der Waals surface area contributed by atoms with Crippen molar-refractivity contribution in [3.8, 4) is 11.5 Å². The van der Waals surface area contributed by atoms with Crippen LogP contribution in [-0.4, -0.2) is 32.4 Å². The highest BCUT2D eigenvalue weighted by molar-refractivity contribution is 5.75. The zero-order valence-corrected chi connectivity index (χ0v) is 8.17. The molecule has 0 saturated heterocycles. The van der Waals surface area contributed by atoms with Gasteiger partial charge in [-0.1, -0.05) is 6.07 Å². The molecule has 86 valence electrons. The Kier molecular flexibility index (Phi) is 3.34. The SMILES string of the molecule is O=C(O)Cc1ccc(O)c(CC(=O)O)c1O. The van der Waals surface area contributed by atoms with Crippen molar-refractivity contribution in [1.29, 1.82) is 0 Å². The van der Waals surface area contributed by atoms with E-state index in [-0.39, 0.29) is 16.9 Å². The van der Waals surface area contributed by atoms with Gasteiger partial charge in [0.15, 0.2) is 0 Å². The maximum Gasteiger partial charge on any atom is 0.308 e. The van der Waals surface area contributed by atoms with E-state index in [1.807, 2.05) is 0 Å². The largest absolute Gasteiger partial charge is 0.508 e. The first-order chi connectivity index (χ1) is 7.41. The molecule has 6 nitrogen and oxygen atoms in total. The average molecular weight is 226 g/mol. The van der Waals surface area contributed by atoms with Crippen LogP contribution < -0.4 is 0 Å². The molecule has 0 aliphatic carbocycles. The fraction of sp³-hybridized carbons (Fsp3) is 0.200. The molecule has 1 rings (SSSR count). The summed E-state index contributed by atoms with van der Waals surface area (Å²) in [4.78, 5) is 20.9. The Hall–Kier alpha value is -2.24. The van der Waals surface area contributed by atoms with E-state index in [2.05, 4.69) is 0 Å². The molecule has 0 bridgehead atoms. The molecular formula is C10H10O6. The highest BCUT2D eigenvalue weighted by Gasteiger charge is 2.16. The highest BCUT2D eigenvalue weighted by Crippen LogP contribution is 2.31. The van der Waals surface area contributed by atoms with E-state index in [1.165, 1.54) is 6.07 Å². The molecule has 0 unspecified atom stereocenters. The summed E-state index contributed by atoms with van der Waals surface area (Å²) in [5.74, 6) is -3.22. The van der Waals surface area contributed by atoms with Gasteiger partial charge in [0.1, 0.15) is 11.5 Å². The lowest BCUT2D eigenvalue weighted by Gasteiger charge is -2.08. The molecule has 1 aromatic rings. The fourth-order valence-corrected chi connectivity index (χ4v) is 1.31. The van der Waals surface area contributed by atoms with E-state index in [4.69, 9.17) is 10.2 Å². The normalized spacial score (nSPS) is 10.0. The summed E-state index contributed by atoms with van der Waals surface area (Å²) >= 11 is 0. The lowest BCUT2D eigenvalue weighted by Crippen LogP contribution is -2.05. The van der Waals surface area contributed by atoms with Crippen LogP contribution in [-0.2, 0) is 22.4 Å². The Morgan fingerprint density at radius 3 is 2.06 bits per heavy atom. The zero-order valence-electron chi connectivity index (χ0n) is 8.17. The number of aliphatic carboxylic acids is 2. The van der Waals surface area contributed by atoms with E-state index < -0.39 is 30.5 Å². The lowest BCUT2D eigenvalue weighted by molar-refractivity contribution is -0.137. The van der Waals surface area contributed by atoms with Gasteiger partial charge in [-0.05, 0) is 6.07 Å². The number of aromatic hydroxyl groups is 2. The Labute approximate surface area is 90.4 Å². The Morgan fingerprint density at radius 1 is 1.00 bits per heavy atom. The number of rotatable bonds is 4. The number of carboxylic acid groups (broad SMARTS) is 2. The van der Waals surface area contributed by atoms with Crippen LogP contribution in [0, 0.1) is 0 Å². The van der Waals surface area contributed by atoms with Crippen LogP contribution in [0.5, 0.6) is 11.5 Å². The van der Waals surface area contributed by atoms with Crippen molar-refractivity contribution < 1.29 is 30.0 Å². The van der Waals surface area contributed by atoms with Gasteiger partial charge in [-0.15, -0.1) is 0 Å². The number of phenolic OH excluding ortho intramolecular Hbond substituents is 2. The van der Waals surface area contributed by atoms with Gasteiger partial charge in [-0.2, -0.15) is 0 Å².